The predicted octanol–water partition coefficient (Wildman–Crippen LogP) is 3.35. The van der Waals surface area contributed by atoms with Gasteiger partial charge in [0, 0.05) is 12.3 Å². The zero-order valence-electron chi connectivity index (χ0n) is 15.5. The molecule has 6 nitrogen and oxygen atoms in total. The number of anilines is 1. The minimum atomic E-state index is -1.64. The molecule has 4 rings (SSSR count). The van der Waals surface area contributed by atoms with Crippen LogP contribution >= 0.6 is 0 Å². The molecule has 0 saturated heterocycles. The Bertz CT molecular complexity index is 1250. The summed E-state index contributed by atoms with van der Waals surface area (Å²) in [5.41, 5.74) is 0.290. The number of nitrogens with one attached hydrogen (secondary N) is 3. The van der Waals surface area contributed by atoms with Crippen molar-refractivity contribution in [1.82, 2.24) is 15.0 Å². The number of aliphatic hydroxyl groups is 1. The third kappa shape index (κ3) is 3.67. The number of hydrogen-bond donors (Lipinski definition) is 4. The average molecular weight is 414 g/mol. The molecular formula is C21H17F3N4O2. The highest BCUT2D eigenvalue weighted by atomic mass is 19.2. The topological polar surface area (TPSA) is 93.8 Å². The van der Waals surface area contributed by atoms with E-state index in [1.165, 1.54) is 6.20 Å². The van der Waals surface area contributed by atoms with Crippen LogP contribution < -0.4 is 10.9 Å². The van der Waals surface area contributed by atoms with Crippen LogP contribution in [0.3, 0.4) is 0 Å². The number of pyridine rings is 1. The molecule has 0 aliphatic carbocycles. The number of aromatic nitrogens is 3. The zero-order chi connectivity index (χ0) is 21.3. The zero-order valence-corrected chi connectivity index (χ0v) is 15.5. The molecule has 2 aromatic carbocycles. The number of H-pyrrole nitrogens is 2. The van der Waals surface area contributed by atoms with E-state index < -0.39 is 34.6 Å². The molecule has 4 aromatic rings. The van der Waals surface area contributed by atoms with Crippen LogP contribution in [0.2, 0.25) is 0 Å². The van der Waals surface area contributed by atoms with Crippen molar-refractivity contribution in [3.05, 3.63) is 82.0 Å². The fraction of sp³-hybridized carbons (Fsp3) is 0.143. The van der Waals surface area contributed by atoms with Gasteiger partial charge in [-0.2, -0.15) is 0 Å². The summed E-state index contributed by atoms with van der Waals surface area (Å²) < 4.78 is 41.1. The first-order chi connectivity index (χ1) is 14.5. The summed E-state index contributed by atoms with van der Waals surface area (Å²) in [6, 6.07) is 11.4. The Labute approximate surface area is 168 Å². The van der Waals surface area contributed by atoms with E-state index in [9.17, 15) is 23.1 Å². The normalized spacial score (nSPS) is 12.3. The van der Waals surface area contributed by atoms with Crippen LogP contribution in [0.25, 0.3) is 22.4 Å². The smallest absolute Gasteiger partial charge is 0.261 e. The number of benzene rings is 2. The Hall–Kier alpha value is -3.59. The summed E-state index contributed by atoms with van der Waals surface area (Å²) in [6.45, 7) is -0.216. The number of rotatable bonds is 6. The molecule has 0 amide bonds. The van der Waals surface area contributed by atoms with Crippen LogP contribution in [0, 0.1) is 17.5 Å². The molecule has 4 N–H and O–H groups in total. The molecule has 1 atom stereocenters. The first kappa shape index (κ1) is 19.7. The molecule has 2 heterocycles. The van der Waals surface area contributed by atoms with Gasteiger partial charge in [-0.15, -0.1) is 0 Å². The van der Waals surface area contributed by atoms with Crippen molar-refractivity contribution >= 4 is 16.7 Å². The Morgan fingerprint density at radius 3 is 2.60 bits per heavy atom. The minimum absolute atomic E-state index is 0.0282. The monoisotopic (exact) mass is 414 g/mol. The van der Waals surface area contributed by atoms with Crippen molar-refractivity contribution in [2.75, 3.05) is 11.9 Å². The van der Waals surface area contributed by atoms with Gasteiger partial charge in [-0.1, -0.05) is 30.3 Å². The van der Waals surface area contributed by atoms with Crippen molar-refractivity contribution in [1.29, 1.82) is 0 Å². The van der Waals surface area contributed by atoms with Crippen molar-refractivity contribution in [3.8, 4) is 11.4 Å². The number of hydrogen-bond acceptors (Lipinski definition) is 4. The first-order valence-corrected chi connectivity index (χ1v) is 9.14. The highest BCUT2D eigenvalue weighted by Crippen LogP contribution is 2.28. The highest BCUT2D eigenvalue weighted by Gasteiger charge is 2.21. The van der Waals surface area contributed by atoms with E-state index in [2.05, 4.69) is 20.3 Å². The molecule has 0 radical (unpaired) electrons. The van der Waals surface area contributed by atoms with Gasteiger partial charge in [0.2, 0.25) is 0 Å². The maximum atomic E-state index is 14.1. The van der Waals surface area contributed by atoms with Gasteiger partial charge in [0.1, 0.15) is 16.9 Å². The van der Waals surface area contributed by atoms with Crippen molar-refractivity contribution in [3.63, 3.8) is 0 Å². The van der Waals surface area contributed by atoms with Gasteiger partial charge in [-0.3, -0.25) is 4.79 Å². The van der Waals surface area contributed by atoms with E-state index in [0.717, 1.165) is 11.6 Å². The third-order valence-electron chi connectivity index (χ3n) is 4.72. The summed E-state index contributed by atoms with van der Waals surface area (Å²) in [7, 11) is 0. The van der Waals surface area contributed by atoms with E-state index in [1.54, 1.807) is 6.07 Å². The van der Waals surface area contributed by atoms with Gasteiger partial charge in [-0.05, 0) is 18.1 Å². The van der Waals surface area contributed by atoms with Crippen LogP contribution in [0.1, 0.15) is 5.56 Å². The second-order valence-electron chi connectivity index (χ2n) is 6.78. The predicted molar refractivity (Wildman–Crippen MR) is 107 cm³/mol. The minimum Gasteiger partial charge on any atom is -0.394 e. The number of aromatic amines is 2. The Balaban J connectivity index is 1.74. The molecular weight excluding hydrogens is 397 g/mol. The second kappa shape index (κ2) is 8.03. The third-order valence-corrected chi connectivity index (χ3v) is 4.72. The van der Waals surface area contributed by atoms with Crippen molar-refractivity contribution in [2.24, 2.45) is 0 Å². The second-order valence-corrected chi connectivity index (χ2v) is 6.78. The molecule has 0 spiro atoms. The summed E-state index contributed by atoms with van der Waals surface area (Å²) in [4.78, 5) is 21.6. The fourth-order valence-corrected chi connectivity index (χ4v) is 3.29. The lowest BCUT2D eigenvalue weighted by atomic mass is 10.1. The molecule has 154 valence electrons. The van der Waals surface area contributed by atoms with Crippen LogP contribution in [0.15, 0.2) is 53.5 Å². The summed E-state index contributed by atoms with van der Waals surface area (Å²) in [5, 5.41) is 12.9. The maximum Gasteiger partial charge on any atom is 0.261 e. The average Bonchev–Trinajstić information content (AvgIpc) is 3.16. The van der Waals surface area contributed by atoms with Crippen molar-refractivity contribution < 1.29 is 18.3 Å². The van der Waals surface area contributed by atoms with Crippen LogP contribution in [-0.2, 0) is 6.42 Å². The van der Waals surface area contributed by atoms with Crippen LogP contribution in [-0.4, -0.2) is 32.7 Å². The van der Waals surface area contributed by atoms with Gasteiger partial charge in [-0.25, -0.2) is 18.2 Å². The summed E-state index contributed by atoms with van der Waals surface area (Å²) in [5.74, 6) is -4.50. The molecule has 0 aliphatic rings. The molecule has 0 fully saturated rings. The van der Waals surface area contributed by atoms with Gasteiger partial charge in [0.25, 0.3) is 5.56 Å². The van der Waals surface area contributed by atoms with E-state index >= 15 is 0 Å². The quantitative estimate of drug-likeness (QED) is 0.364. The van der Waals surface area contributed by atoms with Gasteiger partial charge >= 0.3 is 0 Å². The Kier molecular flexibility index (Phi) is 5.28. The van der Waals surface area contributed by atoms with E-state index in [-0.39, 0.29) is 23.5 Å². The number of imidazole rings is 1. The number of aliphatic hydroxyl groups excluding tert-OH is 1. The SMILES string of the molecule is O=c1[nH]ccc(N[C@H](CO)Cc2ccccc2)c1-c1nc2c(F)c(F)c(F)cc2[nH]1. The lowest BCUT2D eigenvalue weighted by Gasteiger charge is -2.19. The summed E-state index contributed by atoms with van der Waals surface area (Å²) >= 11 is 0. The molecule has 30 heavy (non-hydrogen) atoms. The highest BCUT2D eigenvalue weighted by molar-refractivity contribution is 5.83. The number of fused-ring (bicyclic) bond motifs is 1. The van der Waals surface area contributed by atoms with Crippen LogP contribution in [0.4, 0.5) is 18.9 Å². The van der Waals surface area contributed by atoms with Crippen molar-refractivity contribution in [2.45, 2.75) is 12.5 Å². The van der Waals surface area contributed by atoms with Gasteiger partial charge in [0.15, 0.2) is 17.5 Å². The van der Waals surface area contributed by atoms with Gasteiger partial charge < -0.3 is 20.4 Å². The largest absolute Gasteiger partial charge is 0.394 e. The molecule has 0 saturated carbocycles. The van der Waals surface area contributed by atoms with Crippen LogP contribution in [0.5, 0.6) is 0 Å². The summed E-state index contributed by atoms with van der Waals surface area (Å²) in [6.07, 6.45) is 1.89. The lowest BCUT2D eigenvalue weighted by molar-refractivity contribution is 0.274. The standard InChI is InChI=1S/C21H17F3N4O2/c22-13-9-15-19(18(24)17(13)23)28-20(27-15)16-14(6-7-25-21(16)30)26-12(10-29)8-11-4-2-1-3-5-11/h1-7,9,12,29H,8,10H2,(H,27,28)(H2,25,26,30)/t12-/m0/s1. The van der Waals surface area contributed by atoms with E-state index in [4.69, 9.17) is 0 Å². The molecule has 0 unspecified atom stereocenters. The van der Waals surface area contributed by atoms with E-state index in [0.29, 0.717) is 12.1 Å². The molecule has 2 aromatic heterocycles. The molecule has 9 heteroatoms. The van der Waals surface area contributed by atoms with Gasteiger partial charge in [0.05, 0.1) is 23.9 Å². The Morgan fingerprint density at radius 2 is 1.87 bits per heavy atom. The van der Waals surface area contributed by atoms with E-state index in [1.807, 2.05) is 30.3 Å². The molecule has 0 bridgehead atoms. The number of nitrogens with zero attached hydrogens (tertiary/aromatic N) is 1. The fourth-order valence-electron chi connectivity index (χ4n) is 3.29. The first-order valence-electron chi connectivity index (χ1n) is 9.14. The molecule has 0 aliphatic heterocycles. The lowest BCUT2D eigenvalue weighted by Crippen LogP contribution is -2.28. The maximum absolute atomic E-state index is 14.1. The number of halogens is 3. The Morgan fingerprint density at radius 1 is 1.10 bits per heavy atom.